The minimum Gasteiger partial charge on any atom is -0.497 e. The molecule has 1 saturated carbocycles. The van der Waals surface area contributed by atoms with Gasteiger partial charge in [-0.1, -0.05) is 50.1 Å². The lowest BCUT2D eigenvalue weighted by atomic mass is 9.83. The van der Waals surface area contributed by atoms with E-state index < -0.39 is 0 Å². The maximum atomic E-state index is 13.3. The molecule has 2 aromatic rings. The van der Waals surface area contributed by atoms with E-state index in [1.165, 1.54) is 11.1 Å². The maximum absolute atomic E-state index is 13.3. The van der Waals surface area contributed by atoms with Gasteiger partial charge < -0.3 is 15.0 Å². The Balaban J connectivity index is 1.53. The summed E-state index contributed by atoms with van der Waals surface area (Å²) in [5.74, 6) is 0.961. The summed E-state index contributed by atoms with van der Waals surface area (Å²) >= 11 is 0. The molecule has 2 fully saturated rings. The third-order valence-corrected chi connectivity index (χ3v) is 7.03. The Morgan fingerprint density at radius 1 is 1.03 bits per heavy atom. The molecule has 1 heterocycles. The molecule has 170 valence electrons. The number of anilines is 1. The molecule has 0 aromatic heterocycles. The van der Waals surface area contributed by atoms with Gasteiger partial charge in [-0.2, -0.15) is 0 Å². The zero-order valence-corrected chi connectivity index (χ0v) is 19.2. The molecular weight excluding hydrogens is 400 g/mol. The van der Waals surface area contributed by atoms with E-state index in [-0.39, 0.29) is 29.6 Å². The average molecular weight is 435 g/mol. The largest absolute Gasteiger partial charge is 0.497 e. The van der Waals surface area contributed by atoms with Crippen molar-refractivity contribution in [2.45, 2.75) is 51.4 Å². The Kier molecular flexibility index (Phi) is 7.13. The molecule has 2 aliphatic rings. The predicted octanol–water partition coefficient (Wildman–Crippen LogP) is 5.02. The van der Waals surface area contributed by atoms with Crippen LogP contribution in [0.5, 0.6) is 5.75 Å². The highest BCUT2D eigenvalue weighted by Crippen LogP contribution is 2.34. The van der Waals surface area contributed by atoms with Gasteiger partial charge in [-0.15, -0.1) is 0 Å². The van der Waals surface area contributed by atoms with Crippen molar-refractivity contribution in [1.29, 1.82) is 0 Å². The first-order chi connectivity index (χ1) is 15.6. The van der Waals surface area contributed by atoms with Crippen LogP contribution in [0.4, 0.5) is 5.69 Å². The molecule has 5 heteroatoms. The van der Waals surface area contributed by atoms with Crippen LogP contribution in [-0.2, 0) is 16.0 Å². The van der Waals surface area contributed by atoms with E-state index in [0.29, 0.717) is 18.8 Å². The third kappa shape index (κ3) is 5.14. The summed E-state index contributed by atoms with van der Waals surface area (Å²) in [6.07, 6.45) is 5.97. The van der Waals surface area contributed by atoms with Crippen molar-refractivity contribution >= 4 is 17.5 Å². The number of carbonyl (C=O) groups is 2. The second-order valence-electron chi connectivity index (χ2n) is 9.17. The first-order valence-corrected chi connectivity index (χ1v) is 11.9. The summed E-state index contributed by atoms with van der Waals surface area (Å²) in [5.41, 5.74) is 3.23. The van der Waals surface area contributed by atoms with E-state index in [0.717, 1.165) is 44.2 Å². The summed E-state index contributed by atoms with van der Waals surface area (Å²) in [6.45, 7) is 3.34. The van der Waals surface area contributed by atoms with E-state index in [1.807, 2.05) is 29.2 Å². The number of nitrogens with one attached hydrogen (secondary N) is 1. The SMILES string of the molecule is CCc1ccc(C2CC(C(=O)Nc3cccc(OC)c3)CN(C(=O)C3CCCC3)C2)cc1. The lowest BCUT2D eigenvalue weighted by Gasteiger charge is -2.38. The minimum absolute atomic E-state index is 0.0302. The van der Waals surface area contributed by atoms with Gasteiger partial charge in [0.15, 0.2) is 0 Å². The minimum atomic E-state index is -0.240. The van der Waals surface area contributed by atoms with Gasteiger partial charge in [0.05, 0.1) is 13.0 Å². The van der Waals surface area contributed by atoms with Gasteiger partial charge in [-0.05, 0) is 48.9 Å². The lowest BCUT2D eigenvalue weighted by molar-refractivity contribution is -0.138. The Hall–Kier alpha value is -2.82. The average Bonchev–Trinajstić information content (AvgIpc) is 3.38. The van der Waals surface area contributed by atoms with Gasteiger partial charge >= 0.3 is 0 Å². The molecule has 0 radical (unpaired) electrons. The monoisotopic (exact) mass is 434 g/mol. The number of methoxy groups -OCH3 is 1. The summed E-state index contributed by atoms with van der Waals surface area (Å²) < 4.78 is 5.28. The van der Waals surface area contributed by atoms with Crippen LogP contribution in [0.3, 0.4) is 0 Å². The molecule has 1 N–H and O–H groups in total. The van der Waals surface area contributed by atoms with Crippen LogP contribution >= 0.6 is 0 Å². The van der Waals surface area contributed by atoms with Crippen LogP contribution in [0.2, 0.25) is 0 Å². The molecule has 0 bridgehead atoms. The predicted molar refractivity (Wildman–Crippen MR) is 127 cm³/mol. The molecular formula is C27H34N2O3. The van der Waals surface area contributed by atoms with Crippen molar-refractivity contribution in [3.05, 3.63) is 59.7 Å². The maximum Gasteiger partial charge on any atom is 0.229 e. The number of benzene rings is 2. The summed E-state index contributed by atoms with van der Waals surface area (Å²) in [7, 11) is 1.61. The zero-order chi connectivity index (χ0) is 22.5. The highest BCUT2D eigenvalue weighted by molar-refractivity contribution is 5.93. The second kappa shape index (κ2) is 10.2. The van der Waals surface area contributed by atoms with Crippen LogP contribution in [0.1, 0.15) is 56.1 Å². The van der Waals surface area contributed by atoms with Gasteiger partial charge in [0.2, 0.25) is 11.8 Å². The first-order valence-electron chi connectivity index (χ1n) is 11.9. The van der Waals surface area contributed by atoms with Gasteiger partial charge in [0.25, 0.3) is 0 Å². The van der Waals surface area contributed by atoms with E-state index in [1.54, 1.807) is 7.11 Å². The smallest absolute Gasteiger partial charge is 0.229 e. The number of hydrogen-bond acceptors (Lipinski definition) is 3. The zero-order valence-electron chi connectivity index (χ0n) is 19.2. The van der Waals surface area contributed by atoms with Crippen LogP contribution in [-0.4, -0.2) is 36.9 Å². The molecule has 1 aliphatic carbocycles. The lowest BCUT2D eigenvalue weighted by Crippen LogP contribution is -2.48. The Morgan fingerprint density at radius 3 is 2.47 bits per heavy atom. The summed E-state index contributed by atoms with van der Waals surface area (Å²) in [4.78, 5) is 28.5. The molecule has 0 spiro atoms. The van der Waals surface area contributed by atoms with Gasteiger partial charge in [0.1, 0.15) is 5.75 Å². The topological polar surface area (TPSA) is 58.6 Å². The Morgan fingerprint density at radius 2 is 1.78 bits per heavy atom. The van der Waals surface area contributed by atoms with Crippen LogP contribution in [0, 0.1) is 11.8 Å². The molecule has 2 aromatic carbocycles. The highest BCUT2D eigenvalue weighted by Gasteiger charge is 2.37. The number of hydrogen-bond donors (Lipinski definition) is 1. The molecule has 2 unspecified atom stereocenters. The molecule has 1 aliphatic heterocycles. The highest BCUT2D eigenvalue weighted by atomic mass is 16.5. The van der Waals surface area contributed by atoms with Crippen LogP contribution in [0.25, 0.3) is 0 Å². The number of nitrogens with zero attached hydrogens (tertiary/aromatic N) is 1. The molecule has 2 amide bonds. The van der Waals surface area contributed by atoms with Gasteiger partial charge in [0, 0.05) is 36.7 Å². The number of amides is 2. The fourth-order valence-electron chi connectivity index (χ4n) is 5.11. The molecule has 5 nitrogen and oxygen atoms in total. The number of aryl methyl sites for hydroxylation is 1. The fraction of sp³-hybridized carbons (Fsp3) is 0.481. The van der Waals surface area contributed by atoms with Gasteiger partial charge in [-0.3, -0.25) is 9.59 Å². The molecule has 32 heavy (non-hydrogen) atoms. The van der Waals surface area contributed by atoms with E-state index in [2.05, 4.69) is 36.5 Å². The number of rotatable bonds is 6. The normalized spacial score (nSPS) is 21.4. The standard InChI is InChI=1S/C27H34N2O3/c1-3-19-11-13-20(14-12-19)22-15-23(18-29(17-22)27(31)21-7-4-5-8-21)26(30)28-24-9-6-10-25(16-24)32-2/h6,9-14,16,21-23H,3-5,7-8,15,17-18H2,1-2H3,(H,28,30). The number of likely N-dealkylation sites (tertiary alicyclic amines) is 1. The quantitative estimate of drug-likeness (QED) is 0.695. The fourth-order valence-corrected chi connectivity index (χ4v) is 5.11. The van der Waals surface area contributed by atoms with Crippen molar-refractivity contribution in [1.82, 2.24) is 4.90 Å². The van der Waals surface area contributed by atoms with E-state index in [9.17, 15) is 9.59 Å². The van der Waals surface area contributed by atoms with Crippen molar-refractivity contribution in [2.75, 3.05) is 25.5 Å². The summed E-state index contributed by atoms with van der Waals surface area (Å²) in [6, 6.07) is 16.1. The van der Waals surface area contributed by atoms with Gasteiger partial charge in [-0.25, -0.2) is 0 Å². The number of piperidine rings is 1. The van der Waals surface area contributed by atoms with E-state index in [4.69, 9.17) is 4.74 Å². The molecule has 1 saturated heterocycles. The molecule has 4 rings (SSSR count). The summed E-state index contributed by atoms with van der Waals surface area (Å²) in [5, 5.41) is 3.05. The van der Waals surface area contributed by atoms with Crippen LogP contribution in [0.15, 0.2) is 48.5 Å². The van der Waals surface area contributed by atoms with Crippen molar-refractivity contribution < 1.29 is 14.3 Å². The van der Waals surface area contributed by atoms with Crippen molar-refractivity contribution in [2.24, 2.45) is 11.8 Å². The van der Waals surface area contributed by atoms with E-state index >= 15 is 0 Å². The Labute approximate surface area is 191 Å². The van der Waals surface area contributed by atoms with Crippen molar-refractivity contribution in [3.63, 3.8) is 0 Å². The van der Waals surface area contributed by atoms with Crippen molar-refractivity contribution in [3.8, 4) is 5.75 Å². The number of carbonyl (C=O) groups excluding carboxylic acids is 2. The second-order valence-corrected chi connectivity index (χ2v) is 9.17. The molecule has 2 atom stereocenters. The van der Waals surface area contributed by atoms with Crippen LogP contribution < -0.4 is 10.1 Å². The first kappa shape index (κ1) is 22.4. The Bertz CT molecular complexity index is 934. The number of ether oxygens (including phenoxy) is 1. The third-order valence-electron chi connectivity index (χ3n) is 7.03.